The van der Waals surface area contributed by atoms with E-state index in [0.717, 1.165) is 25.2 Å². The van der Waals surface area contributed by atoms with Crippen LogP contribution in [-0.2, 0) is 19.1 Å². The Kier molecular flexibility index (Phi) is 8.20. The third-order valence-corrected chi connectivity index (χ3v) is 5.99. The summed E-state index contributed by atoms with van der Waals surface area (Å²) in [6.45, 7) is 3.90. The number of ether oxygens (including phenoxy) is 3. The summed E-state index contributed by atoms with van der Waals surface area (Å²) in [6.07, 6.45) is 2.22. The Morgan fingerprint density at radius 1 is 1.06 bits per heavy atom. The molecule has 0 unspecified atom stereocenters. The summed E-state index contributed by atoms with van der Waals surface area (Å²) in [5.41, 5.74) is 1.34. The number of benzene rings is 2. The minimum absolute atomic E-state index is 0.0720. The molecule has 2 aliphatic rings. The molecule has 3 amide bonds. The van der Waals surface area contributed by atoms with Crippen LogP contribution in [0.4, 0.5) is 11.4 Å². The van der Waals surface area contributed by atoms with Crippen LogP contribution in [0, 0.1) is 5.92 Å². The van der Waals surface area contributed by atoms with Crippen molar-refractivity contribution in [2.24, 2.45) is 5.92 Å². The average Bonchev–Trinajstić information content (AvgIpc) is 3.53. The molecule has 0 radical (unpaired) electrons. The molecular weight excluding hydrogens is 450 g/mol. The minimum atomic E-state index is -0.383. The van der Waals surface area contributed by atoms with E-state index in [-0.39, 0.29) is 42.8 Å². The fourth-order valence-corrected chi connectivity index (χ4v) is 4.17. The summed E-state index contributed by atoms with van der Waals surface area (Å²) < 4.78 is 16.5. The molecule has 4 rings (SSSR count). The molecule has 2 aromatic rings. The van der Waals surface area contributed by atoms with Crippen LogP contribution in [0.2, 0.25) is 0 Å². The maximum atomic E-state index is 12.5. The fourth-order valence-electron chi connectivity index (χ4n) is 4.17. The first kappa shape index (κ1) is 24.5. The topological polar surface area (TPSA) is 106 Å². The second-order valence-electron chi connectivity index (χ2n) is 8.57. The van der Waals surface area contributed by atoms with Gasteiger partial charge in [-0.2, -0.15) is 0 Å². The van der Waals surface area contributed by atoms with Gasteiger partial charge >= 0.3 is 0 Å². The molecule has 0 aliphatic carbocycles. The maximum absolute atomic E-state index is 12.5. The molecule has 2 N–H and O–H groups in total. The van der Waals surface area contributed by atoms with E-state index in [9.17, 15) is 14.4 Å². The van der Waals surface area contributed by atoms with E-state index in [0.29, 0.717) is 36.8 Å². The van der Waals surface area contributed by atoms with Crippen molar-refractivity contribution >= 4 is 29.1 Å². The van der Waals surface area contributed by atoms with Crippen LogP contribution in [0.3, 0.4) is 0 Å². The summed E-state index contributed by atoms with van der Waals surface area (Å²) in [6, 6.07) is 14.0. The van der Waals surface area contributed by atoms with Crippen molar-refractivity contribution in [3.63, 3.8) is 0 Å². The molecule has 2 aromatic carbocycles. The predicted molar refractivity (Wildman–Crippen MR) is 131 cm³/mol. The smallest absolute Gasteiger partial charge is 0.262 e. The van der Waals surface area contributed by atoms with E-state index in [1.807, 2.05) is 6.92 Å². The summed E-state index contributed by atoms with van der Waals surface area (Å²) >= 11 is 0. The van der Waals surface area contributed by atoms with Gasteiger partial charge in [-0.3, -0.25) is 14.4 Å². The first-order chi connectivity index (χ1) is 17.0. The van der Waals surface area contributed by atoms with Crippen LogP contribution >= 0.6 is 0 Å². The van der Waals surface area contributed by atoms with Gasteiger partial charge in [0.1, 0.15) is 11.5 Å². The van der Waals surface area contributed by atoms with Gasteiger partial charge < -0.3 is 29.7 Å². The highest BCUT2D eigenvalue weighted by Gasteiger charge is 2.35. The number of hydrogen-bond donors (Lipinski definition) is 2. The van der Waals surface area contributed by atoms with E-state index in [1.165, 1.54) is 0 Å². The number of hydrogen-bond acceptors (Lipinski definition) is 6. The van der Waals surface area contributed by atoms with Gasteiger partial charge in [-0.15, -0.1) is 0 Å². The third kappa shape index (κ3) is 6.73. The Labute approximate surface area is 204 Å². The standard InChI is InChI=1S/C26H31N3O6/c1-2-33-21-9-5-19(6-10-21)28-24(30)17-35-22-11-7-20(8-12-22)29-16-18(14-25(29)31)26(32)27-15-23-4-3-13-34-23/h5-12,18,23H,2-4,13-17H2,1H3,(H,27,32)(H,28,30)/t18-,23+/m0/s1. The Balaban J connectivity index is 1.23. The quantitative estimate of drug-likeness (QED) is 0.541. The molecule has 0 saturated carbocycles. The van der Waals surface area contributed by atoms with Crippen molar-refractivity contribution in [3.8, 4) is 11.5 Å². The molecule has 35 heavy (non-hydrogen) atoms. The molecule has 0 aromatic heterocycles. The highest BCUT2D eigenvalue weighted by atomic mass is 16.5. The normalized spacial score (nSPS) is 19.5. The summed E-state index contributed by atoms with van der Waals surface area (Å²) in [4.78, 5) is 38.8. The molecule has 2 aliphatic heterocycles. The van der Waals surface area contributed by atoms with Crippen LogP contribution in [0.5, 0.6) is 11.5 Å². The molecule has 9 heteroatoms. The van der Waals surface area contributed by atoms with Gasteiger partial charge in [0.05, 0.1) is 18.6 Å². The zero-order valence-corrected chi connectivity index (χ0v) is 19.8. The summed E-state index contributed by atoms with van der Waals surface area (Å²) in [5, 5.41) is 5.68. The first-order valence-corrected chi connectivity index (χ1v) is 12.0. The number of carbonyl (C=O) groups excluding carboxylic acids is 3. The lowest BCUT2D eigenvalue weighted by molar-refractivity contribution is -0.126. The summed E-state index contributed by atoms with van der Waals surface area (Å²) in [7, 11) is 0. The number of carbonyl (C=O) groups is 3. The van der Waals surface area contributed by atoms with E-state index >= 15 is 0 Å². The lowest BCUT2D eigenvalue weighted by Crippen LogP contribution is -2.37. The number of nitrogens with one attached hydrogen (secondary N) is 2. The monoisotopic (exact) mass is 481 g/mol. The van der Waals surface area contributed by atoms with Crippen molar-refractivity contribution in [3.05, 3.63) is 48.5 Å². The molecular formula is C26H31N3O6. The van der Waals surface area contributed by atoms with Crippen LogP contribution in [0.25, 0.3) is 0 Å². The Morgan fingerprint density at radius 2 is 1.77 bits per heavy atom. The second kappa shape index (κ2) is 11.7. The zero-order chi connectivity index (χ0) is 24.6. The van der Waals surface area contributed by atoms with Crippen LogP contribution in [0.15, 0.2) is 48.5 Å². The van der Waals surface area contributed by atoms with E-state index in [4.69, 9.17) is 14.2 Å². The van der Waals surface area contributed by atoms with Crippen LogP contribution < -0.4 is 25.0 Å². The highest BCUT2D eigenvalue weighted by molar-refractivity contribution is 6.00. The lowest BCUT2D eigenvalue weighted by atomic mass is 10.1. The van der Waals surface area contributed by atoms with Crippen molar-refractivity contribution in [1.82, 2.24) is 5.32 Å². The van der Waals surface area contributed by atoms with Gasteiger partial charge in [0.2, 0.25) is 11.8 Å². The minimum Gasteiger partial charge on any atom is -0.494 e. The van der Waals surface area contributed by atoms with Gasteiger partial charge in [-0.25, -0.2) is 0 Å². The van der Waals surface area contributed by atoms with Crippen molar-refractivity contribution < 1.29 is 28.6 Å². The van der Waals surface area contributed by atoms with Crippen molar-refractivity contribution in [2.45, 2.75) is 32.3 Å². The van der Waals surface area contributed by atoms with E-state index < -0.39 is 0 Å². The Morgan fingerprint density at radius 3 is 2.46 bits per heavy atom. The molecule has 2 saturated heterocycles. The second-order valence-corrected chi connectivity index (χ2v) is 8.57. The van der Waals surface area contributed by atoms with E-state index in [1.54, 1.807) is 53.4 Å². The molecule has 9 nitrogen and oxygen atoms in total. The van der Waals surface area contributed by atoms with Gasteiger partial charge in [0.15, 0.2) is 6.61 Å². The SMILES string of the molecule is CCOc1ccc(NC(=O)COc2ccc(N3C[C@@H](C(=O)NC[C@H]4CCCO4)CC3=O)cc2)cc1. The van der Waals surface area contributed by atoms with Gasteiger partial charge in [-0.05, 0) is 68.3 Å². The molecule has 186 valence electrons. The summed E-state index contributed by atoms with van der Waals surface area (Å²) in [5.74, 6) is 0.369. The number of rotatable bonds is 10. The third-order valence-electron chi connectivity index (χ3n) is 5.99. The van der Waals surface area contributed by atoms with E-state index in [2.05, 4.69) is 10.6 Å². The number of nitrogens with zero attached hydrogens (tertiary/aromatic N) is 1. The zero-order valence-electron chi connectivity index (χ0n) is 19.8. The highest BCUT2D eigenvalue weighted by Crippen LogP contribution is 2.27. The predicted octanol–water partition coefficient (Wildman–Crippen LogP) is 2.75. The van der Waals surface area contributed by atoms with Crippen LogP contribution in [-0.4, -0.2) is 56.7 Å². The molecule has 2 atom stereocenters. The molecule has 0 spiro atoms. The molecule has 2 fully saturated rings. The van der Waals surface area contributed by atoms with Crippen molar-refractivity contribution in [1.29, 1.82) is 0 Å². The number of amides is 3. The largest absolute Gasteiger partial charge is 0.494 e. The van der Waals surface area contributed by atoms with Crippen molar-refractivity contribution in [2.75, 3.05) is 43.1 Å². The van der Waals surface area contributed by atoms with Crippen LogP contribution in [0.1, 0.15) is 26.2 Å². The lowest BCUT2D eigenvalue weighted by Gasteiger charge is -2.18. The Hall–Kier alpha value is -3.59. The first-order valence-electron chi connectivity index (χ1n) is 12.0. The van der Waals surface area contributed by atoms with Gasteiger partial charge in [0.25, 0.3) is 5.91 Å². The molecule has 2 heterocycles. The average molecular weight is 482 g/mol. The van der Waals surface area contributed by atoms with Gasteiger partial charge in [-0.1, -0.05) is 0 Å². The maximum Gasteiger partial charge on any atom is 0.262 e. The number of anilines is 2. The molecule has 0 bridgehead atoms. The van der Waals surface area contributed by atoms with Gasteiger partial charge in [0, 0.05) is 37.5 Å². The Bertz CT molecular complexity index is 1020. The fraction of sp³-hybridized carbons (Fsp3) is 0.423.